The van der Waals surface area contributed by atoms with E-state index in [0.717, 1.165) is 32.5 Å². The first-order valence-corrected chi connectivity index (χ1v) is 11.4. The quantitative estimate of drug-likeness (QED) is 0.613. The highest BCUT2D eigenvalue weighted by Crippen LogP contribution is 2.38. The van der Waals surface area contributed by atoms with Crippen LogP contribution in [0.4, 0.5) is 4.79 Å². The molecule has 2 aliphatic rings. The van der Waals surface area contributed by atoms with E-state index in [1.807, 2.05) is 53.2 Å². The van der Waals surface area contributed by atoms with E-state index in [9.17, 15) is 9.59 Å². The molecule has 0 radical (unpaired) electrons. The van der Waals surface area contributed by atoms with Crippen molar-refractivity contribution in [2.75, 3.05) is 26.2 Å². The number of piperidine rings is 1. The van der Waals surface area contributed by atoms with Gasteiger partial charge in [-0.1, -0.05) is 30.3 Å². The number of imide groups is 1. The van der Waals surface area contributed by atoms with Crippen LogP contribution in [-0.4, -0.2) is 74.2 Å². The van der Waals surface area contributed by atoms with Crippen molar-refractivity contribution in [3.05, 3.63) is 54.4 Å². The number of hydrogen-bond acceptors (Lipinski definition) is 4. The molecule has 7 heteroatoms. The van der Waals surface area contributed by atoms with E-state index in [1.165, 1.54) is 10.5 Å². The van der Waals surface area contributed by atoms with Gasteiger partial charge in [-0.25, -0.2) is 4.79 Å². The van der Waals surface area contributed by atoms with Crippen molar-refractivity contribution in [3.63, 3.8) is 0 Å². The summed E-state index contributed by atoms with van der Waals surface area (Å²) in [7, 11) is 0. The first-order chi connectivity index (χ1) is 15.0. The first-order valence-electron chi connectivity index (χ1n) is 11.4. The van der Waals surface area contributed by atoms with Crippen molar-refractivity contribution in [1.82, 2.24) is 24.5 Å². The number of carbonyl (C=O) groups excluding carboxylic acids is 2. The fraction of sp³-hybridized carbons (Fsp3) is 0.542. The van der Waals surface area contributed by atoms with Gasteiger partial charge >= 0.3 is 6.03 Å². The van der Waals surface area contributed by atoms with Crippen LogP contribution in [0.15, 0.2) is 48.8 Å². The molecule has 0 N–H and O–H groups in total. The lowest BCUT2D eigenvalue weighted by Gasteiger charge is -2.44. The predicted octanol–water partition coefficient (Wildman–Crippen LogP) is 3.02. The van der Waals surface area contributed by atoms with Crippen molar-refractivity contribution in [1.29, 1.82) is 0 Å². The minimum Gasteiger partial charge on any atom is -0.309 e. The van der Waals surface area contributed by atoms with Crippen LogP contribution in [0.25, 0.3) is 0 Å². The maximum Gasteiger partial charge on any atom is 0.327 e. The van der Waals surface area contributed by atoms with Gasteiger partial charge in [-0.3, -0.25) is 14.4 Å². The molecule has 0 saturated carbocycles. The fourth-order valence-electron chi connectivity index (χ4n) is 5.01. The van der Waals surface area contributed by atoms with Crippen LogP contribution in [0.3, 0.4) is 0 Å². The van der Waals surface area contributed by atoms with Gasteiger partial charge in [0.15, 0.2) is 0 Å². The molecule has 4 rings (SSSR count). The first kappa shape index (κ1) is 21.6. The van der Waals surface area contributed by atoms with Gasteiger partial charge in [0.25, 0.3) is 5.91 Å². The molecule has 7 nitrogen and oxygen atoms in total. The van der Waals surface area contributed by atoms with Gasteiger partial charge in [-0.05, 0) is 51.2 Å². The van der Waals surface area contributed by atoms with E-state index in [1.54, 1.807) is 0 Å². The third-order valence-electron chi connectivity index (χ3n) is 6.99. The van der Waals surface area contributed by atoms with Crippen molar-refractivity contribution in [3.8, 4) is 0 Å². The molecule has 1 unspecified atom stereocenters. The fourth-order valence-corrected chi connectivity index (χ4v) is 5.01. The van der Waals surface area contributed by atoms with E-state index in [2.05, 4.69) is 29.1 Å². The number of aromatic nitrogens is 2. The van der Waals surface area contributed by atoms with E-state index < -0.39 is 5.54 Å². The molecule has 0 aliphatic carbocycles. The number of hydrogen-bond donors (Lipinski definition) is 0. The van der Waals surface area contributed by atoms with Crippen molar-refractivity contribution < 1.29 is 9.59 Å². The summed E-state index contributed by atoms with van der Waals surface area (Å²) in [6.45, 7) is 7.70. The number of likely N-dealkylation sites (tertiary alicyclic amines) is 1. The summed E-state index contributed by atoms with van der Waals surface area (Å²) in [5.41, 5.74) is 0.512. The van der Waals surface area contributed by atoms with E-state index in [0.29, 0.717) is 32.0 Å². The second-order valence-corrected chi connectivity index (χ2v) is 8.69. The molecule has 1 aromatic carbocycles. The van der Waals surface area contributed by atoms with E-state index in [4.69, 9.17) is 0 Å². The number of benzene rings is 1. The monoisotopic (exact) mass is 423 g/mol. The molecule has 1 aromatic heterocycles. The Morgan fingerprint density at radius 3 is 2.45 bits per heavy atom. The Morgan fingerprint density at radius 2 is 1.81 bits per heavy atom. The standard InChI is InChI=1S/C24H33N5O2/c1-3-28-22(30)24(29(23(28)31)17-11-21-8-5-4-6-9-21)12-18-26(19-13-24)20(2)10-16-27-15-7-14-25-27/h4-9,14-15,20H,3,10-13,16-19H2,1-2H3. The summed E-state index contributed by atoms with van der Waals surface area (Å²) in [6.07, 6.45) is 6.99. The number of rotatable bonds is 8. The number of nitrogens with zero attached hydrogens (tertiary/aromatic N) is 5. The molecule has 2 saturated heterocycles. The topological polar surface area (TPSA) is 61.7 Å². The highest BCUT2D eigenvalue weighted by Gasteiger charge is 2.57. The van der Waals surface area contributed by atoms with Gasteiger partial charge < -0.3 is 9.80 Å². The Bertz CT molecular complexity index is 875. The van der Waals surface area contributed by atoms with Gasteiger partial charge in [-0.2, -0.15) is 5.10 Å². The average molecular weight is 424 g/mol. The lowest BCUT2D eigenvalue weighted by molar-refractivity contribution is -0.135. The molecule has 166 valence electrons. The molecule has 0 bridgehead atoms. The number of aryl methyl sites for hydroxylation is 1. The lowest BCUT2D eigenvalue weighted by atomic mass is 9.85. The maximum absolute atomic E-state index is 13.3. The maximum atomic E-state index is 13.3. The Labute approximate surface area is 184 Å². The minimum absolute atomic E-state index is 0.00286. The Hall–Kier alpha value is -2.67. The molecule has 1 atom stereocenters. The zero-order valence-corrected chi connectivity index (χ0v) is 18.6. The third-order valence-corrected chi connectivity index (χ3v) is 6.99. The number of urea groups is 1. The van der Waals surface area contributed by atoms with Crippen molar-refractivity contribution in [2.24, 2.45) is 0 Å². The Kier molecular flexibility index (Phi) is 6.41. The molecule has 1 spiro atoms. The molecular weight excluding hydrogens is 390 g/mol. The van der Waals surface area contributed by atoms with Crippen LogP contribution < -0.4 is 0 Å². The van der Waals surface area contributed by atoms with Gasteiger partial charge in [0.1, 0.15) is 5.54 Å². The smallest absolute Gasteiger partial charge is 0.309 e. The van der Waals surface area contributed by atoms with Crippen LogP contribution in [0.5, 0.6) is 0 Å². The van der Waals surface area contributed by atoms with E-state index in [-0.39, 0.29) is 11.9 Å². The van der Waals surface area contributed by atoms with Gasteiger partial charge in [0.05, 0.1) is 0 Å². The largest absolute Gasteiger partial charge is 0.327 e. The predicted molar refractivity (Wildman–Crippen MR) is 119 cm³/mol. The SMILES string of the molecule is CCN1C(=O)N(CCc2ccccc2)C2(CCN(C(C)CCn3cccn3)CC2)C1=O. The summed E-state index contributed by atoms with van der Waals surface area (Å²) in [4.78, 5) is 32.2. The third kappa shape index (κ3) is 4.24. The Morgan fingerprint density at radius 1 is 1.06 bits per heavy atom. The van der Waals surface area contributed by atoms with Crippen LogP contribution in [0, 0.1) is 0 Å². The highest BCUT2D eigenvalue weighted by molar-refractivity contribution is 6.07. The van der Waals surface area contributed by atoms with Crippen LogP contribution >= 0.6 is 0 Å². The molecule has 3 amide bonds. The van der Waals surface area contributed by atoms with Crippen molar-refractivity contribution >= 4 is 11.9 Å². The second-order valence-electron chi connectivity index (χ2n) is 8.69. The molecule has 2 fully saturated rings. The molecular formula is C24H33N5O2. The average Bonchev–Trinajstić information content (AvgIpc) is 3.38. The van der Waals surface area contributed by atoms with Crippen LogP contribution in [-0.2, 0) is 17.8 Å². The molecule has 2 aliphatic heterocycles. The lowest BCUT2D eigenvalue weighted by Crippen LogP contribution is -2.58. The zero-order chi connectivity index (χ0) is 21.8. The summed E-state index contributed by atoms with van der Waals surface area (Å²) >= 11 is 0. The zero-order valence-electron chi connectivity index (χ0n) is 18.6. The summed E-state index contributed by atoms with van der Waals surface area (Å²) < 4.78 is 1.96. The highest BCUT2D eigenvalue weighted by atomic mass is 16.2. The normalized spacial score (nSPS) is 20.1. The number of amides is 3. The van der Waals surface area contributed by atoms with Gasteiger partial charge in [0.2, 0.25) is 0 Å². The van der Waals surface area contributed by atoms with Gasteiger partial charge in [0, 0.05) is 51.2 Å². The molecule has 3 heterocycles. The van der Waals surface area contributed by atoms with Crippen LogP contribution in [0.2, 0.25) is 0 Å². The molecule has 31 heavy (non-hydrogen) atoms. The second kappa shape index (κ2) is 9.22. The minimum atomic E-state index is -0.680. The van der Waals surface area contributed by atoms with Crippen LogP contribution in [0.1, 0.15) is 38.7 Å². The summed E-state index contributed by atoms with van der Waals surface area (Å²) in [6, 6.07) is 12.4. The number of carbonyl (C=O) groups is 2. The Balaban J connectivity index is 1.42. The van der Waals surface area contributed by atoms with E-state index >= 15 is 0 Å². The molecule has 2 aromatic rings. The summed E-state index contributed by atoms with van der Waals surface area (Å²) in [5.74, 6) is -0.00286. The van der Waals surface area contributed by atoms with Gasteiger partial charge in [-0.15, -0.1) is 0 Å². The van der Waals surface area contributed by atoms with Crippen molar-refractivity contribution in [2.45, 2.75) is 57.7 Å². The number of likely N-dealkylation sites (N-methyl/N-ethyl adjacent to an activating group) is 1. The summed E-state index contributed by atoms with van der Waals surface area (Å²) in [5, 5.41) is 4.29.